The van der Waals surface area contributed by atoms with Crippen LogP contribution in [-0.2, 0) is 4.74 Å². The predicted octanol–water partition coefficient (Wildman–Crippen LogP) is 3.50. The van der Waals surface area contributed by atoms with Gasteiger partial charge in [0.15, 0.2) is 0 Å². The van der Waals surface area contributed by atoms with Crippen molar-refractivity contribution in [3.8, 4) is 0 Å². The van der Waals surface area contributed by atoms with Gasteiger partial charge < -0.3 is 10.1 Å². The van der Waals surface area contributed by atoms with Crippen LogP contribution in [0.15, 0.2) is 0 Å². The third-order valence-electron chi connectivity index (χ3n) is 3.64. The van der Waals surface area contributed by atoms with Crippen LogP contribution in [0.4, 0.5) is 0 Å². The topological polar surface area (TPSA) is 21.3 Å². The lowest BCUT2D eigenvalue weighted by molar-refractivity contribution is 0.0941. The Morgan fingerprint density at radius 3 is 2.69 bits per heavy atom. The Bertz CT molecular complexity index is 155. The van der Waals surface area contributed by atoms with Crippen molar-refractivity contribution in [3.63, 3.8) is 0 Å². The maximum Gasteiger partial charge on any atom is 0.0590 e. The molecule has 0 aromatic carbocycles. The quantitative estimate of drug-likeness (QED) is 0.609. The highest BCUT2D eigenvalue weighted by Gasteiger charge is 2.19. The van der Waals surface area contributed by atoms with Crippen molar-refractivity contribution in [2.75, 3.05) is 13.7 Å². The van der Waals surface area contributed by atoms with Gasteiger partial charge >= 0.3 is 0 Å². The van der Waals surface area contributed by atoms with E-state index in [0.29, 0.717) is 12.1 Å². The average Bonchev–Trinajstić information content (AvgIpc) is 2.80. The Balaban J connectivity index is 2.01. The summed E-state index contributed by atoms with van der Waals surface area (Å²) in [7, 11) is 2.09. The molecule has 1 aliphatic heterocycles. The summed E-state index contributed by atoms with van der Waals surface area (Å²) in [5, 5.41) is 3.44. The molecule has 0 radical (unpaired) electrons. The van der Waals surface area contributed by atoms with E-state index in [2.05, 4.69) is 19.3 Å². The lowest BCUT2D eigenvalue weighted by Gasteiger charge is -2.19. The molecule has 0 aromatic heterocycles. The molecular formula is C14H29NO. The molecule has 16 heavy (non-hydrogen) atoms. The molecule has 0 amide bonds. The summed E-state index contributed by atoms with van der Waals surface area (Å²) in [5.74, 6) is 0. The molecule has 96 valence electrons. The van der Waals surface area contributed by atoms with Crippen molar-refractivity contribution in [1.29, 1.82) is 0 Å². The molecule has 0 bridgehead atoms. The maximum atomic E-state index is 5.69. The lowest BCUT2D eigenvalue weighted by Crippen LogP contribution is -2.29. The molecular weight excluding hydrogens is 198 g/mol. The first-order chi connectivity index (χ1) is 7.86. The van der Waals surface area contributed by atoms with Crippen LogP contribution in [0.1, 0.15) is 64.7 Å². The van der Waals surface area contributed by atoms with Crippen LogP contribution in [0.5, 0.6) is 0 Å². The molecule has 0 aliphatic carbocycles. The van der Waals surface area contributed by atoms with E-state index in [1.54, 1.807) is 0 Å². The molecule has 1 rings (SSSR count). The van der Waals surface area contributed by atoms with E-state index < -0.39 is 0 Å². The zero-order valence-electron chi connectivity index (χ0n) is 11.1. The minimum atomic E-state index is 0.535. The van der Waals surface area contributed by atoms with E-state index in [1.807, 2.05) is 0 Å². The molecule has 2 unspecified atom stereocenters. The molecule has 1 aliphatic rings. The summed E-state index contributed by atoms with van der Waals surface area (Å²) in [6.07, 6.45) is 12.5. The molecule has 1 fully saturated rings. The fourth-order valence-corrected chi connectivity index (χ4v) is 2.52. The first kappa shape index (κ1) is 14.0. The van der Waals surface area contributed by atoms with Gasteiger partial charge in [0.05, 0.1) is 6.10 Å². The second-order valence-electron chi connectivity index (χ2n) is 5.06. The Morgan fingerprint density at radius 1 is 1.25 bits per heavy atom. The third-order valence-corrected chi connectivity index (χ3v) is 3.64. The van der Waals surface area contributed by atoms with Gasteiger partial charge in [-0.3, -0.25) is 0 Å². The molecule has 1 N–H and O–H groups in total. The zero-order chi connectivity index (χ0) is 11.6. The minimum Gasteiger partial charge on any atom is -0.378 e. The Hall–Kier alpha value is -0.0800. The van der Waals surface area contributed by atoms with E-state index in [-0.39, 0.29) is 0 Å². The van der Waals surface area contributed by atoms with Crippen molar-refractivity contribution in [2.24, 2.45) is 0 Å². The Kier molecular flexibility index (Phi) is 7.87. The molecule has 0 saturated carbocycles. The van der Waals surface area contributed by atoms with Gasteiger partial charge in [0, 0.05) is 12.6 Å². The van der Waals surface area contributed by atoms with Gasteiger partial charge in [-0.2, -0.15) is 0 Å². The van der Waals surface area contributed by atoms with Crippen LogP contribution in [0, 0.1) is 0 Å². The van der Waals surface area contributed by atoms with Crippen LogP contribution < -0.4 is 5.32 Å². The highest BCUT2D eigenvalue weighted by atomic mass is 16.5. The van der Waals surface area contributed by atoms with Crippen LogP contribution >= 0.6 is 0 Å². The van der Waals surface area contributed by atoms with Gasteiger partial charge in [0.25, 0.3) is 0 Å². The second kappa shape index (κ2) is 9.00. The Labute approximate surface area is 101 Å². The molecule has 0 spiro atoms. The summed E-state index contributed by atoms with van der Waals surface area (Å²) < 4.78 is 5.69. The summed E-state index contributed by atoms with van der Waals surface area (Å²) in [4.78, 5) is 0. The van der Waals surface area contributed by atoms with Crippen molar-refractivity contribution in [2.45, 2.75) is 76.9 Å². The first-order valence-electron chi connectivity index (χ1n) is 7.15. The third kappa shape index (κ3) is 5.86. The van der Waals surface area contributed by atoms with Crippen LogP contribution in [-0.4, -0.2) is 25.8 Å². The van der Waals surface area contributed by atoms with E-state index in [9.17, 15) is 0 Å². The number of unbranched alkanes of at least 4 members (excludes halogenated alkanes) is 4. The number of ether oxygens (including phenoxy) is 1. The lowest BCUT2D eigenvalue weighted by atomic mass is 10.0. The van der Waals surface area contributed by atoms with Crippen molar-refractivity contribution in [1.82, 2.24) is 5.32 Å². The fourth-order valence-electron chi connectivity index (χ4n) is 2.52. The van der Waals surface area contributed by atoms with Crippen molar-refractivity contribution in [3.05, 3.63) is 0 Å². The number of nitrogens with one attached hydrogen (secondary N) is 1. The molecule has 0 aromatic rings. The zero-order valence-corrected chi connectivity index (χ0v) is 11.1. The second-order valence-corrected chi connectivity index (χ2v) is 5.06. The van der Waals surface area contributed by atoms with Gasteiger partial charge in [0.2, 0.25) is 0 Å². The Morgan fingerprint density at radius 2 is 2.06 bits per heavy atom. The van der Waals surface area contributed by atoms with Gasteiger partial charge in [-0.25, -0.2) is 0 Å². The number of hydrogen-bond donors (Lipinski definition) is 1. The normalized spacial score (nSPS) is 22.5. The van der Waals surface area contributed by atoms with Crippen LogP contribution in [0.2, 0.25) is 0 Å². The van der Waals surface area contributed by atoms with Gasteiger partial charge in [-0.1, -0.05) is 39.0 Å². The predicted molar refractivity (Wildman–Crippen MR) is 69.8 cm³/mol. The smallest absolute Gasteiger partial charge is 0.0590 e. The summed E-state index contributed by atoms with van der Waals surface area (Å²) >= 11 is 0. The SMILES string of the molecule is CCCCCCCC(CC1CCCO1)NC. The molecule has 2 heteroatoms. The minimum absolute atomic E-state index is 0.535. The number of hydrogen-bond acceptors (Lipinski definition) is 2. The fraction of sp³-hybridized carbons (Fsp3) is 1.00. The highest BCUT2D eigenvalue weighted by Crippen LogP contribution is 2.19. The largest absolute Gasteiger partial charge is 0.378 e. The maximum absolute atomic E-state index is 5.69. The highest BCUT2D eigenvalue weighted by molar-refractivity contribution is 4.74. The first-order valence-corrected chi connectivity index (χ1v) is 7.15. The standard InChI is InChI=1S/C14H29NO/c1-3-4-5-6-7-9-13(15-2)12-14-10-8-11-16-14/h13-15H,3-12H2,1-2H3. The van der Waals surface area contributed by atoms with Crippen LogP contribution in [0.3, 0.4) is 0 Å². The average molecular weight is 227 g/mol. The van der Waals surface area contributed by atoms with E-state index >= 15 is 0 Å². The molecule has 1 saturated heterocycles. The van der Waals surface area contributed by atoms with E-state index in [4.69, 9.17) is 4.74 Å². The van der Waals surface area contributed by atoms with Crippen LogP contribution in [0.25, 0.3) is 0 Å². The summed E-state index contributed by atoms with van der Waals surface area (Å²) in [6.45, 7) is 3.26. The molecule has 1 heterocycles. The van der Waals surface area contributed by atoms with Gasteiger partial charge in [-0.15, -0.1) is 0 Å². The van der Waals surface area contributed by atoms with Gasteiger partial charge in [-0.05, 0) is 32.7 Å². The van der Waals surface area contributed by atoms with Crippen molar-refractivity contribution < 1.29 is 4.74 Å². The number of rotatable bonds is 9. The molecule has 2 nitrogen and oxygen atoms in total. The monoisotopic (exact) mass is 227 g/mol. The van der Waals surface area contributed by atoms with Gasteiger partial charge in [0.1, 0.15) is 0 Å². The summed E-state index contributed by atoms with van der Waals surface area (Å²) in [5.41, 5.74) is 0. The van der Waals surface area contributed by atoms with E-state index in [0.717, 1.165) is 6.61 Å². The van der Waals surface area contributed by atoms with E-state index in [1.165, 1.54) is 57.8 Å². The summed E-state index contributed by atoms with van der Waals surface area (Å²) in [6, 6.07) is 0.671. The van der Waals surface area contributed by atoms with Crippen molar-refractivity contribution >= 4 is 0 Å². The molecule has 2 atom stereocenters.